The summed E-state index contributed by atoms with van der Waals surface area (Å²) in [5, 5.41) is 2.84. The van der Waals surface area contributed by atoms with Crippen molar-refractivity contribution < 1.29 is 4.79 Å². The number of anilines is 2. The number of halogens is 3. The van der Waals surface area contributed by atoms with Gasteiger partial charge in [0.05, 0.1) is 11.4 Å². The third-order valence-electron chi connectivity index (χ3n) is 3.55. The minimum absolute atomic E-state index is 0.0840. The van der Waals surface area contributed by atoms with Crippen LogP contribution < -0.4 is 11.1 Å². The van der Waals surface area contributed by atoms with Gasteiger partial charge in [0, 0.05) is 26.8 Å². The predicted molar refractivity (Wildman–Crippen MR) is 96.5 cm³/mol. The van der Waals surface area contributed by atoms with E-state index in [1.54, 1.807) is 0 Å². The Labute approximate surface area is 147 Å². The molecule has 1 aliphatic carbocycles. The summed E-state index contributed by atoms with van der Waals surface area (Å²) in [4.78, 5) is 11.3. The highest BCUT2D eigenvalue weighted by Gasteiger charge is 2.26. The maximum atomic E-state index is 11.3. The predicted octanol–water partition coefficient (Wildman–Crippen LogP) is 5.09. The largest absolute Gasteiger partial charge is 0.397 e. The monoisotopic (exact) mass is 472 g/mol. The molecule has 6 heteroatoms. The quantitative estimate of drug-likeness (QED) is 0.483. The third-order valence-corrected chi connectivity index (χ3v) is 6.02. The van der Waals surface area contributed by atoms with Gasteiger partial charge in [-0.2, -0.15) is 0 Å². The lowest BCUT2D eigenvalue weighted by Gasteiger charge is -2.10. The summed E-state index contributed by atoms with van der Waals surface area (Å²) in [6.45, 7) is 1.50. The number of amides is 1. The minimum Gasteiger partial charge on any atom is -0.397 e. The second-order valence-corrected chi connectivity index (χ2v) is 7.36. The van der Waals surface area contributed by atoms with E-state index in [1.807, 2.05) is 18.2 Å². The van der Waals surface area contributed by atoms with E-state index in [2.05, 4.69) is 53.1 Å². The van der Waals surface area contributed by atoms with E-state index in [-0.39, 0.29) is 5.91 Å². The van der Waals surface area contributed by atoms with Gasteiger partial charge in [-0.3, -0.25) is 4.79 Å². The van der Waals surface area contributed by atoms with Gasteiger partial charge in [0.25, 0.3) is 0 Å². The second-order valence-electron chi connectivity index (χ2n) is 4.92. The van der Waals surface area contributed by atoms with Crippen LogP contribution in [0.2, 0.25) is 0 Å². The Bertz CT molecular complexity index is 787. The zero-order chi connectivity index (χ0) is 15.3. The number of benzene rings is 2. The molecule has 0 unspecified atom stereocenters. The third kappa shape index (κ3) is 2.43. The number of nitrogens with one attached hydrogen (secondary N) is 1. The maximum Gasteiger partial charge on any atom is 0.221 e. The second kappa shape index (κ2) is 5.41. The molecule has 3 rings (SSSR count). The normalized spacial score (nSPS) is 12.0. The smallest absolute Gasteiger partial charge is 0.221 e. The first-order valence-corrected chi connectivity index (χ1v) is 8.63. The molecule has 0 aliphatic heterocycles. The van der Waals surface area contributed by atoms with Gasteiger partial charge in [-0.05, 0) is 82.2 Å². The van der Waals surface area contributed by atoms with E-state index in [4.69, 9.17) is 5.73 Å². The van der Waals surface area contributed by atoms with Crippen molar-refractivity contribution in [3.63, 3.8) is 0 Å². The number of nitrogen functional groups attached to an aromatic ring is 1. The maximum absolute atomic E-state index is 11.3. The standard InChI is InChI=1S/C15H11Br3N2O/c1-6(21)20-12-3-2-7-8-5-11(16)15(19)14(18)10(8)4-9(7)13(12)17/h2-3,5H,4,19H2,1H3,(H,20,21). The van der Waals surface area contributed by atoms with E-state index < -0.39 is 0 Å². The molecule has 21 heavy (non-hydrogen) atoms. The molecule has 0 fully saturated rings. The van der Waals surface area contributed by atoms with E-state index in [0.717, 1.165) is 42.2 Å². The lowest BCUT2D eigenvalue weighted by Crippen LogP contribution is -2.06. The fraction of sp³-hybridized carbons (Fsp3) is 0.133. The molecule has 0 saturated carbocycles. The van der Waals surface area contributed by atoms with E-state index in [1.165, 1.54) is 12.5 Å². The number of hydrogen-bond donors (Lipinski definition) is 2. The molecule has 108 valence electrons. The molecule has 1 amide bonds. The highest BCUT2D eigenvalue weighted by molar-refractivity contribution is 9.11. The molecule has 0 aromatic heterocycles. The highest BCUT2D eigenvalue weighted by atomic mass is 79.9. The SMILES string of the molecule is CC(=O)Nc1ccc2c(c1Br)Cc1c-2cc(Br)c(N)c1Br. The summed E-state index contributed by atoms with van der Waals surface area (Å²) in [5.74, 6) is -0.0840. The molecule has 3 nitrogen and oxygen atoms in total. The Morgan fingerprint density at radius 3 is 2.48 bits per heavy atom. The topological polar surface area (TPSA) is 55.1 Å². The summed E-state index contributed by atoms with van der Waals surface area (Å²) in [6, 6.07) is 6.00. The van der Waals surface area contributed by atoms with Crippen LogP contribution in [0.1, 0.15) is 18.1 Å². The van der Waals surface area contributed by atoms with Gasteiger partial charge < -0.3 is 11.1 Å². The Hall–Kier alpha value is -0.850. The van der Waals surface area contributed by atoms with Crippen molar-refractivity contribution in [1.82, 2.24) is 0 Å². The lowest BCUT2D eigenvalue weighted by atomic mass is 10.1. The zero-order valence-corrected chi connectivity index (χ0v) is 15.8. The number of nitrogens with two attached hydrogens (primary N) is 1. The van der Waals surface area contributed by atoms with Crippen molar-refractivity contribution in [2.45, 2.75) is 13.3 Å². The van der Waals surface area contributed by atoms with Crippen LogP contribution in [0.15, 0.2) is 31.6 Å². The van der Waals surface area contributed by atoms with Crippen molar-refractivity contribution in [3.05, 3.63) is 42.7 Å². The molecule has 0 spiro atoms. The van der Waals surface area contributed by atoms with Gasteiger partial charge in [0.15, 0.2) is 0 Å². The fourth-order valence-electron chi connectivity index (χ4n) is 2.60. The van der Waals surface area contributed by atoms with Crippen molar-refractivity contribution in [2.24, 2.45) is 0 Å². The van der Waals surface area contributed by atoms with Crippen LogP contribution in [-0.2, 0) is 11.2 Å². The summed E-state index contributed by atoms with van der Waals surface area (Å²) in [6.07, 6.45) is 0.775. The van der Waals surface area contributed by atoms with E-state index in [9.17, 15) is 4.79 Å². The first kappa shape index (κ1) is 15.1. The van der Waals surface area contributed by atoms with Gasteiger partial charge >= 0.3 is 0 Å². The Morgan fingerprint density at radius 2 is 1.81 bits per heavy atom. The lowest BCUT2D eigenvalue weighted by molar-refractivity contribution is -0.114. The molecule has 1 aliphatic rings. The van der Waals surface area contributed by atoms with Crippen LogP contribution in [-0.4, -0.2) is 5.91 Å². The molecule has 2 aromatic carbocycles. The number of carbonyl (C=O) groups is 1. The molecule has 0 bridgehead atoms. The first-order chi connectivity index (χ1) is 9.90. The molecule has 0 radical (unpaired) electrons. The highest BCUT2D eigenvalue weighted by Crippen LogP contribution is 2.48. The summed E-state index contributed by atoms with van der Waals surface area (Å²) >= 11 is 10.7. The van der Waals surface area contributed by atoms with E-state index in [0.29, 0.717) is 5.69 Å². The van der Waals surface area contributed by atoms with Crippen molar-refractivity contribution in [1.29, 1.82) is 0 Å². The summed E-state index contributed by atoms with van der Waals surface area (Å²) in [5.41, 5.74) is 12.2. The van der Waals surface area contributed by atoms with Crippen LogP contribution >= 0.6 is 47.8 Å². The van der Waals surface area contributed by atoms with Gasteiger partial charge in [0.1, 0.15) is 0 Å². The first-order valence-electron chi connectivity index (χ1n) is 6.25. The van der Waals surface area contributed by atoms with E-state index >= 15 is 0 Å². The van der Waals surface area contributed by atoms with Crippen molar-refractivity contribution >= 4 is 65.1 Å². The van der Waals surface area contributed by atoms with Gasteiger partial charge in [-0.15, -0.1) is 0 Å². The van der Waals surface area contributed by atoms with Crippen molar-refractivity contribution in [2.75, 3.05) is 11.1 Å². The molecule has 0 heterocycles. The van der Waals surface area contributed by atoms with Crippen LogP contribution in [0.3, 0.4) is 0 Å². The van der Waals surface area contributed by atoms with Gasteiger partial charge in [0.2, 0.25) is 5.91 Å². The minimum atomic E-state index is -0.0840. The summed E-state index contributed by atoms with van der Waals surface area (Å²) < 4.78 is 2.73. The number of rotatable bonds is 1. The molecule has 2 aromatic rings. The van der Waals surface area contributed by atoms with Crippen LogP contribution in [0, 0.1) is 0 Å². The number of carbonyl (C=O) groups excluding carboxylic acids is 1. The molecule has 0 saturated heterocycles. The average molecular weight is 475 g/mol. The van der Waals surface area contributed by atoms with Crippen LogP contribution in [0.5, 0.6) is 0 Å². The zero-order valence-electron chi connectivity index (χ0n) is 11.1. The van der Waals surface area contributed by atoms with Gasteiger partial charge in [-0.25, -0.2) is 0 Å². The molecule has 3 N–H and O–H groups in total. The Morgan fingerprint density at radius 1 is 1.14 bits per heavy atom. The average Bonchev–Trinajstić information content (AvgIpc) is 2.79. The summed E-state index contributed by atoms with van der Waals surface area (Å²) in [7, 11) is 0. The molecule has 0 atom stereocenters. The molecular weight excluding hydrogens is 464 g/mol. The van der Waals surface area contributed by atoms with Gasteiger partial charge in [-0.1, -0.05) is 6.07 Å². The van der Waals surface area contributed by atoms with Crippen molar-refractivity contribution in [3.8, 4) is 11.1 Å². The Balaban J connectivity index is 2.18. The fourth-order valence-corrected chi connectivity index (χ4v) is 4.45. The molecular formula is C15H11Br3N2O. The number of hydrogen-bond acceptors (Lipinski definition) is 2. The Kier molecular flexibility index (Phi) is 3.88. The van der Waals surface area contributed by atoms with Crippen LogP contribution in [0.4, 0.5) is 11.4 Å². The van der Waals surface area contributed by atoms with Crippen LogP contribution in [0.25, 0.3) is 11.1 Å². The number of fused-ring (bicyclic) bond motifs is 3.